The fraction of sp³-hybridized carbons (Fsp3) is 0.444. The summed E-state index contributed by atoms with van der Waals surface area (Å²) in [7, 11) is 0. The van der Waals surface area contributed by atoms with Crippen LogP contribution in [0, 0.1) is 0 Å². The van der Waals surface area contributed by atoms with Crippen LogP contribution in [0.1, 0.15) is 38.8 Å². The molecule has 2 aromatic rings. The van der Waals surface area contributed by atoms with Crippen LogP contribution in [-0.2, 0) is 22.3 Å². The highest BCUT2D eigenvalue weighted by atomic mass is 16.2. The molecule has 1 aliphatic rings. The molecular weight excluding hydrogens is 318 g/mol. The summed E-state index contributed by atoms with van der Waals surface area (Å²) < 4.78 is 1.59. The number of urea groups is 1. The molecule has 2 heterocycles. The maximum atomic E-state index is 12.9. The third-order valence-electron chi connectivity index (χ3n) is 4.62. The summed E-state index contributed by atoms with van der Waals surface area (Å²) in [6.45, 7) is 8.82. The number of rotatable bonds is 4. The number of nitrogens with zero attached hydrogens (tertiary/aromatic N) is 4. The maximum Gasteiger partial charge on any atom is 0.325 e. The topological polar surface area (TPSA) is 80.1 Å². The van der Waals surface area contributed by atoms with Gasteiger partial charge < -0.3 is 5.32 Å². The fourth-order valence-electron chi connectivity index (χ4n) is 2.95. The van der Waals surface area contributed by atoms with Gasteiger partial charge in [0.15, 0.2) is 0 Å². The predicted molar refractivity (Wildman–Crippen MR) is 92.8 cm³/mol. The SMILES string of the molecule is CC(C)(C)c1ccc([C@]2(C)NC(=O)N(CCn3cncn3)C2=O)cc1. The van der Waals surface area contributed by atoms with Crippen LogP contribution < -0.4 is 5.32 Å². The molecular formula is C18H23N5O2. The second-order valence-electron chi connectivity index (χ2n) is 7.50. The third-order valence-corrected chi connectivity index (χ3v) is 4.62. The Morgan fingerprint density at radius 2 is 1.80 bits per heavy atom. The lowest BCUT2D eigenvalue weighted by Crippen LogP contribution is -2.41. The van der Waals surface area contributed by atoms with E-state index in [1.165, 1.54) is 16.8 Å². The fourth-order valence-corrected chi connectivity index (χ4v) is 2.95. The minimum Gasteiger partial charge on any atom is -0.319 e. The number of carbonyl (C=O) groups is 2. The molecule has 25 heavy (non-hydrogen) atoms. The van der Waals surface area contributed by atoms with E-state index in [0.29, 0.717) is 6.54 Å². The van der Waals surface area contributed by atoms with Crippen molar-refractivity contribution in [3.05, 3.63) is 48.0 Å². The molecule has 3 amide bonds. The van der Waals surface area contributed by atoms with Crippen molar-refractivity contribution < 1.29 is 9.59 Å². The normalized spacial score (nSPS) is 20.9. The molecule has 1 fully saturated rings. The monoisotopic (exact) mass is 341 g/mol. The van der Waals surface area contributed by atoms with Crippen molar-refractivity contribution in [2.45, 2.75) is 45.2 Å². The maximum absolute atomic E-state index is 12.9. The van der Waals surface area contributed by atoms with Gasteiger partial charge in [-0.05, 0) is 23.5 Å². The van der Waals surface area contributed by atoms with Crippen LogP contribution in [0.25, 0.3) is 0 Å². The largest absolute Gasteiger partial charge is 0.325 e. The van der Waals surface area contributed by atoms with E-state index < -0.39 is 5.54 Å². The van der Waals surface area contributed by atoms with Crippen LogP contribution in [0.3, 0.4) is 0 Å². The van der Waals surface area contributed by atoms with Crippen LogP contribution in [0.15, 0.2) is 36.9 Å². The summed E-state index contributed by atoms with van der Waals surface area (Å²) in [5, 5.41) is 6.82. The Balaban J connectivity index is 1.79. The van der Waals surface area contributed by atoms with Gasteiger partial charge in [-0.15, -0.1) is 0 Å². The first-order valence-electron chi connectivity index (χ1n) is 8.29. The molecule has 0 spiro atoms. The van der Waals surface area contributed by atoms with Crippen molar-refractivity contribution in [3.8, 4) is 0 Å². The molecule has 0 bridgehead atoms. The van der Waals surface area contributed by atoms with E-state index in [4.69, 9.17) is 0 Å². The smallest absolute Gasteiger partial charge is 0.319 e. The van der Waals surface area contributed by atoms with Gasteiger partial charge in [0.05, 0.1) is 13.1 Å². The summed E-state index contributed by atoms with van der Waals surface area (Å²) in [5.41, 5.74) is 0.948. The lowest BCUT2D eigenvalue weighted by Gasteiger charge is -2.24. The first-order chi connectivity index (χ1) is 11.7. The molecule has 1 aliphatic heterocycles. The molecule has 1 N–H and O–H groups in total. The van der Waals surface area contributed by atoms with Crippen LogP contribution in [0.2, 0.25) is 0 Å². The van der Waals surface area contributed by atoms with Crippen molar-refractivity contribution in [1.29, 1.82) is 0 Å². The molecule has 1 aromatic heterocycles. The third kappa shape index (κ3) is 3.14. The number of imide groups is 1. The van der Waals surface area contributed by atoms with Gasteiger partial charge in [0.25, 0.3) is 5.91 Å². The minimum absolute atomic E-state index is 0.0339. The predicted octanol–water partition coefficient (Wildman–Crippen LogP) is 2.04. The van der Waals surface area contributed by atoms with Crippen LogP contribution >= 0.6 is 0 Å². The van der Waals surface area contributed by atoms with Gasteiger partial charge in [0, 0.05) is 0 Å². The Bertz CT molecular complexity index is 777. The molecule has 7 nitrogen and oxygen atoms in total. The zero-order chi connectivity index (χ0) is 18.2. The van der Waals surface area contributed by atoms with Crippen LogP contribution in [-0.4, -0.2) is 38.1 Å². The van der Waals surface area contributed by atoms with Crippen molar-refractivity contribution in [2.24, 2.45) is 0 Å². The number of nitrogens with one attached hydrogen (secondary N) is 1. The number of carbonyl (C=O) groups excluding carboxylic acids is 2. The molecule has 0 aliphatic carbocycles. The molecule has 0 saturated carbocycles. The first kappa shape index (κ1) is 17.1. The van der Waals surface area contributed by atoms with Gasteiger partial charge >= 0.3 is 6.03 Å². The highest BCUT2D eigenvalue weighted by molar-refractivity contribution is 6.07. The Morgan fingerprint density at radius 1 is 1.12 bits per heavy atom. The standard InChI is InChI=1S/C18H23N5O2/c1-17(2,3)13-5-7-14(8-6-13)18(4)15(24)23(16(25)21-18)10-9-22-12-19-11-20-22/h5-8,11-12H,9-10H2,1-4H3,(H,21,25)/t18-/m0/s1. The second kappa shape index (κ2) is 5.98. The van der Waals surface area contributed by atoms with E-state index >= 15 is 0 Å². The van der Waals surface area contributed by atoms with Gasteiger partial charge in [-0.3, -0.25) is 14.4 Å². The summed E-state index contributed by atoms with van der Waals surface area (Å²) in [4.78, 5) is 30.3. The summed E-state index contributed by atoms with van der Waals surface area (Å²) >= 11 is 0. The van der Waals surface area contributed by atoms with Crippen molar-refractivity contribution in [3.63, 3.8) is 0 Å². The van der Waals surface area contributed by atoms with Crippen LogP contribution in [0.4, 0.5) is 4.79 Å². The quantitative estimate of drug-likeness (QED) is 0.863. The first-order valence-corrected chi connectivity index (χ1v) is 8.29. The van der Waals surface area contributed by atoms with Gasteiger partial charge in [0.1, 0.15) is 18.2 Å². The van der Waals surface area contributed by atoms with Crippen molar-refractivity contribution >= 4 is 11.9 Å². The zero-order valence-corrected chi connectivity index (χ0v) is 15.0. The second-order valence-corrected chi connectivity index (χ2v) is 7.50. The average molecular weight is 341 g/mol. The number of hydrogen-bond donors (Lipinski definition) is 1. The van der Waals surface area contributed by atoms with E-state index in [0.717, 1.165) is 5.56 Å². The molecule has 132 valence electrons. The molecule has 1 atom stereocenters. The average Bonchev–Trinajstić information content (AvgIpc) is 3.14. The lowest BCUT2D eigenvalue weighted by molar-refractivity contribution is -0.131. The Labute approximate surface area is 147 Å². The number of aromatic nitrogens is 3. The highest BCUT2D eigenvalue weighted by Gasteiger charge is 2.48. The van der Waals surface area contributed by atoms with Gasteiger partial charge in [-0.2, -0.15) is 5.10 Å². The number of benzene rings is 1. The van der Waals surface area contributed by atoms with E-state index in [1.807, 2.05) is 24.3 Å². The van der Waals surface area contributed by atoms with Gasteiger partial charge in [0.2, 0.25) is 0 Å². The Hall–Kier alpha value is -2.70. The molecule has 1 aromatic carbocycles. The number of amides is 3. The van der Waals surface area contributed by atoms with Gasteiger partial charge in [-0.1, -0.05) is 45.0 Å². The Morgan fingerprint density at radius 3 is 2.36 bits per heavy atom. The van der Waals surface area contributed by atoms with Crippen molar-refractivity contribution in [2.75, 3.05) is 6.54 Å². The van der Waals surface area contributed by atoms with E-state index in [2.05, 4.69) is 36.2 Å². The van der Waals surface area contributed by atoms with Crippen molar-refractivity contribution in [1.82, 2.24) is 25.0 Å². The lowest BCUT2D eigenvalue weighted by atomic mass is 9.84. The molecule has 7 heteroatoms. The molecule has 0 radical (unpaired) electrons. The van der Waals surface area contributed by atoms with Gasteiger partial charge in [-0.25, -0.2) is 9.78 Å². The molecule has 1 saturated heterocycles. The van der Waals surface area contributed by atoms with Crippen LogP contribution in [0.5, 0.6) is 0 Å². The Kier molecular flexibility index (Phi) is 4.10. The van der Waals surface area contributed by atoms with E-state index in [-0.39, 0.29) is 23.9 Å². The van der Waals surface area contributed by atoms with E-state index in [9.17, 15) is 9.59 Å². The number of hydrogen-bond acceptors (Lipinski definition) is 4. The minimum atomic E-state index is -1.05. The summed E-state index contributed by atoms with van der Waals surface area (Å²) in [5.74, 6) is -0.249. The molecule has 0 unspecified atom stereocenters. The highest BCUT2D eigenvalue weighted by Crippen LogP contribution is 2.31. The summed E-state index contributed by atoms with van der Waals surface area (Å²) in [6.07, 6.45) is 2.98. The zero-order valence-electron chi connectivity index (χ0n) is 15.0. The molecule has 3 rings (SSSR count). The van der Waals surface area contributed by atoms with E-state index in [1.54, 1.807) is 17.9 Å². The summed E-state index contributed by atoms with van der Waals surface area (Å²) in [6, 6.07) is 7.47.